The zero-order chi connectivity index (χ0) is 19.3. The number of fused-ring (bicyclic) bond motifs is 3. The molecule has 0 bridgehead atoms. The van der Waals surface area contributed by atoms with Crippen LogP contribution in [0, 0.1) is 0 Å². The molecule has 1 aliphatic carbocycles. The first-order chi connectivity index (χ1) is 13.5. The Morgan fingerprint density at radius 3 is 2.04 bits per heavy atom. The van der Waals surface area contributed by atoms with Crippen molar-refractivity contribution in [2.45, 2.75) is 39.0 Å². The topological polar surface area (TPSA) is 0 Å². The first-order valence-corrected chi connectivity index (χ1v) is 10.2. The van der Waals surface area contributed by atoms with Crippen LogP contribution in [0.2, 0.25) is 0 Å². The van der Waals surface area contributed by atoms with Gasteiger partial charge in [0.05, 0.1) is 0 Å². The minimum atomic E-state index is 0.0749. The number of hydrogen-bond acceptors (Lipinski definition) is 0. The Morgan fingerprint density at radius 2 is 1.25 bits per heavy atom. The normalized spacial score (nSPS) is 13.2. The van der Waals surface area contributed by atoms with Crippen LogP contribution in [0.25, 0.3) is 21.9 Å². The average molecular weight is 363 g/mol. The van der Waals surface area contributed by atoms with Gasteiger partial charge in [0, 0.05) is 0 Å². The lowest BCUT2D eigenvalue weighted by atomic mass is 9.76. The van der Waals surface area contributed by atoms with Gasteiger partial charge in [0.25, 0.3) is 0 Å². The first kappa shape index (κ1) is 17.3. The summed E-state index contributed by atoms with van der Waals surface area (Å²) < 4.78 is 0. The van der Waals surface area contributed by atoms with Crippen molar-refractivity contribution in [1.29, 1.82) is 0 Å². The SMILES string of the molecule is CC(C)(C)c1c(-c2cccc3c2Cc2ccccc2C3)ccc2ccccc12. The van der Waals surface area contributed by atoms with Crippen LogP contribution in [0.1, 0.15) is 48.6 Å². The predicted octanol–water partition coefficient (Wildman–Crippen LogP) is 7.30. The van der Waals surface area contributed by atoms with Crippen molar-refractivity contribution < 1.29 is 0 Å². The largest absolute Gasteiger partial charge is 0.0620 e. The van der Waals surface area contributed by atoms with Gasteiger partial charge in [-0.3, -0.25) is 0 Å². The van der Waals surface area contributed by atoms with Crippen LogP contribution in [0.3, 0.4) is 0 Å². The minimum absolute atomic E-state index is 0.0749. The van der Waals surface area contributed by atoms with E-state index >= 15 is 0 Å². The molecule has 0 radical (unpaired) electrons. The third-order valence-electron chi connectivity index (χ3n) is 6.11. The molecule has 0 heteroatoms. The van der Waals surface area contributed by atoms with Gasteiger partial charge in [-0.15, -0.1) is 0 Å². The van der Waals surface area contributed by atoms with Crippen molar-refractivity contribution in [2.75, 3.05) is 0 Å². The van der Waals surface area contributed by atoms with Gasteiger partial charge in [0.2, 0.25) is 0 Å². The van der Waals surface area contributed by atoms with Crippen LogP contribution in [0.4, 0.5) is 0 Å². The van der Waals surface area contributed by atoms with Crippen molar-refractivity contribution in [1.82, 2.24) is 0 Å². The zero-order valence-electron chi connectivity index (χ0n) is 16.9. The number of benzene rings is 4. The monoisotopic (exact) mass is 362 g/mol. The fraction of sp³-hybridized carbons (Fsp3) is 0.214. The molecule has 0 saturated heterocycles. The molecule has 0 N–H and O–H groups in total. The van der Waals surface area contributed by atoms with Crippen molar-refractivity contribution in [3.63, 3.8) is 0 Å². The Balaban J connectivity index is 1.77. The van der Waals surface area contributed by atoms with E-state index in [1.54, 1.807) is 0 Å². The van der Waals surface area contributed by atoms with Gasteiger partial charge in [0.1, 0.15) is 0 Å². The van der Waals surface area contributed by atoms with Gasteiger partial charge in [-0.1, -0.05) is 99.6 Å². The summed E-state index contributed by atoms with van der Waals surface area (Å²) in [6.07, 6.45) is 2.07. The summed E-state index contributed by atoms with van der Waals surface area (Å²) in [7, 11) is 0. The maximum Gasteiger partial charge on any atom is -0.00139 e. The lowest BCUT2D eigenvalue weighted by molar-refractivity contribution is 0.597. The summed E-state index contributed by atoms with van der Waals surface area (Å²) in [4.78, 5) is 0. The fourth-order valence-electron chi connectivity index (χ4n) is 4.86. The highest BCUT2D eigenvalue weighted by atomic mass is 14.3. The van der Waals surface area contributed by atoms with Crippen LogP contribution in [0.5, 0.6) is 0 Å². The molecule has 0 saturated carbocycles. The van der Waals surface area contributed by atoms with Gasteiger partial charge >= 0.3 is 0 Å². The molecule has 0 fully saturated rings. The van der Waals surface area contributed by atoms with Gasteiger partial charge in [-0.2, -0.15) is 0 Å². The summed E-state index contributed by atoms with van der Waals surface area (Å²) in [5.74, 6) is 0. The first-order valence-electron chi connectivity index (χ1n) is 10.2. The molecule has 0 heterocycles. The van der Waals surface area contributed by atoms with Crippen molar-refractivity contribution in [3.05, 3.63) is 107 Å². The molecule has 0 spiro atoms. The summed E-state index contributed by atoms with van der Waals surface area (Å²) in [5.41, 5.74) is 10.3. The maximum absolute atomic E-state index is 2.35. The molecule has 0 unspecified atom stereocenters. The quantitative estimate of drug-likeness (QED) is 0.293. The summed E-state index contributed by atoms with van der Waals surface area (Å²) in [6, 6.07) is 29.2. The highest BCUT2D eigenvalue weighted by molar-refractivity contribution is 5.93. The second kappa shape index (κ2) is 6.34. The lowest BCUT2D eigenvalue weighted by Crippen LogP contribution is -2.15. The van der Waals surface area contributed by atoms with E-state index in [1.807, 2.05) is 0 Å². The third kappa shape index (κ3) is 2.76. The standard InChI is InChI=1S/C28H26/c1-28(2,3)27-23-13-7-6-9-19(23)15-16-25(27)24-14-8-12-22-17-20-10-4-5-11-21(20)18-26(22)24/h4-16H,17-18H2,1-3H3. The van der Waals surface area contributed by atoms with E-state index in [1.165, 1.54) is 49.7 Å². The van der Waals surface area contributed by atoms with E-state index in [4.69, 9.17) is 0 Å². The van der Waals surface area contributed by atoms with Crippen LogP contribution < -0.4 is 0 Å². The Bertz CT molecular complexity index is 1190. The van der Waals surface area contributed by atoms with E-state index in [2.05, 4.69) is 99.6 Å². The predicted molar refractivity (Wildman–Crippen MR) is 120 cm³/mol. The van der Waals surface area contributed by atoms with Crippen molar-refractivity contribution in [2.24, 2.45) is 0 Å². The second-order valence-corrected chi connectivity index (χ2v) is 9.02. The zero-order valence-corrected chi connectivity index (χ0v) is 16.9. The molecule has 0 nitrogen and oxygen atoms in total. The second-order valence-electron chi connectivity index (χ2n) is 9.02. The smallest absolute Gasteiger partial charge is 0.00139 e. The van der Waals surface area contributed by atoms with E-state index < -0.39 is 0 Å². The number of hydrogen-bond donors (Lipinski definition) is 0. The molecule has 0 aromatic heterocycles. The summed E-state index contributed by atoms with van der Waals surface area (Å²) in [5, 5.41) is 2.70. The average Bonchev–Trinajstić information content (AvgIpc) is 2.70. The highest BCUT2D eigenvalue weighted by Crippen LogP contribution is 2.42. The van der Waals surface area contributed by atoms with E-state index in [0.29, 0.717) is 0 Å². The molecule has 1 aliphatic rings. The molecule has 0 atom stereocenters. The maximum atomic E-state index is 2.35. The fourth-order valence-corrected chi connectivity index (χ4v) is 4.86. The molecule has 4 aromatic carbocycles. The van der Waals surface area contributed by atoms with Gasteiger partial charge < -0.3 is 0 Å². The van der Waals surface area contributed by atoms with Crippen molar-refractivity contribution >= 4 is 10.8 Å². The Labute approximate surface area is 167 Å². The Morgan fingerprint density at radius 1 is 0.571 bits per heavy atom. The summed E-state index contributed by atoms with van der Waals surface area (Å²) >= 11 is 0. The highest BCUT2D eigenvalue weighted by Gasteiger charge is 2.25. The molecule has 0 amide bonds. The molecule has 28 heavy (non-hydrogen) atoms. The molecule has 138 valence electrons. The lowest BCUT2D eigenvalue weighted by Gasteiger charge is -2.28. The minimum Gasteiger partial charge on any atom is -0.0620 e. The Kier molecular flexibility index (Phi) is 3.91. The van der Waals surface area contributed by atoms with Gasteiger partial charge in [-0.25, -0.2) is 0 Å². The van der Waals surface area contributed by atoms with E-state index in [9.17, 15) is 0 Å². The molecule has 5 rings (SSSR count). The molecule has 0 aliphatic heterocycles. The van der Waals surface area contributed by atoms with Gasteiger partial charge in [-0.05, 0) is 68.0 Å². The third-order valence-corrected chi connectivity index (χ3v) is 6.11. The van der Waals surface area contributed by atoms with Crippen molar-refractivity contribution in [3.8, 4) is 11.1 Å². The van der Waals surface area contributed by atoms with Crippen LogP contribution in [0.15, 0.2) is 78.9 Å². The van der Waals surface area contributed by atoms with Crippen LogP contribution >= 0.6 is 0 Å². The molecular formula is C28H26. The molecular weight excluding hydrogens is 336 g/mol. The van der Waals surface area contributed by atoms with Crippen LogP contribution in [-0.2, 0) is 18.3 Å². The Hall–Kier alpha value is -2.86. The van der Waals surface area contributed by atoms with E-state index in [0.717, 1.165) is 12.8 Å². The van der Waals surface area contributed by atoms with Gasteiger partial charge in [0.15, 0.2) is 0 Å². The van der Waals surface area contributed by atoms with Crippen LogP contribution in [-0.4, -0.2) is 0 Å². The van der Waals surface area contributed by atoms with E-state index in [-0.39, 0.29) is 5.41 Å². The number of rotatable bonds is 1. The molecule has 4 aromatic rings. The summed E-state index contributed by atoms with van der Waals surface area (Å²) in [6.45, 7) is 7.01.